The van der Waals surface area contributed by atoms with E-state index in [0.717, 1.165) is 16.4 Å². The fraction of sp³-hybridized carbons (Fsp3) is 0.125. The van der Waals surface area contributed by atoms with E-state index in [4.69, 9.17) is 10.5 Å². The largest absolute Gasteiger partial charge is 0.486 e. The molecule has 0 aliphatic rings. The van der Waals surface area contributed by atoms with Gasteiger partial charge in [0.25, 0.3) is 0 Å². The first-order chi connectivity index (χ1) is 9.78. The fourth-order valence-corrected chi connectivity index (χ4v) is 2.26. The zero-order valence-corrected chi connectivity index (χ0v) is 12.1. The number of nitrogens with two attached hydrogens (primary N) is 1. The molecular weight excluding hydrogens is 291 g/mol. The van der Waals surface area contributed by atoms with Crippen molar-refractivity contribution in [3.05, 3.63) is 54.4 Å². The molecule has 0 saturated heterocycles. The van der Waals surface area contributed by atoms with E-state index in [1.165, 1.54) is 11.5 Å². The highest BCUT2D eigenvalue weighted by Crippen LogP contribution is 2.28. The lowest BCUT2D eigenvalue weighted by Gasteiger charge is -2.04. The number of benzene rings is 2. The smallest absolute Gasteiger partial charge is 0.139 e. The van der Waals surface area contributed by atoms with Gasteiger partial charge in [-0.1, -0.05) is 18.2 Å². The molecule has 1 aromatic heterocycles. The monoisotopic (exact) mass is 306 g/mol. The van der Waals surface area contributed by atoms with Crippen LogP contribution in [0.15, 0.2) is 54.4 Å². The molecule has 1 heterocycles. The third kappa shape index (κ3) is 3.17. The molecule has 0 bridgehead atoms. The molecule has 0 amide bonds. The number of para-hydroxylation sites is 1. The zero-order valence-electron chi connectivity index (χ0n) is 11.3. The zero-order chi connectivity index (χ0) is 13.9. The minimum Gasteiger partial charge on any atom is -0.486 e. The average molecular weight is 307 g/mol. The SMILES string of the molecule is Cl.NC/C=C(/F)COc1ccc2c(c1)[nH]c1ccccc12. The van der Waals surface area contributed by atoms with Gasteiger partial charge >= 0.3 is 0 Å². The first kappa shape index (κ1) is 15.4. The molecule has 0 aliphatic heterocycles. The predicted molar refractivity (Wildman–Crippen MR) is 86.8 cm³/mol. The third-order valence-corrected chi connectivity index (χ3v) is 3.19. The van der Waals surface area contributed by atoms with Gasteiger partial charge in [-0.15, -0.1) is 12.4 Å². The third-order valence-electron chi connectivity index (χ3n) is 3.19. The Morgan fingerprint density at radius 1 is 1.14 bits per heavy atom. The number of nitrogens with one attached hydrogen (secondary N) is 1. The standard InChI is InChI=1S/C16H15FN2O.ClH/c17-11(7-8-18)10-20-12-5-6-14-13-3-1-2-4-15(13)19-16(14)9-12;/h1-7,9,19H,8,10,18H2;1H/b11-7+;. The summed E-state index contributed by atoms with van der Waals surface area (Å²) in [7, 11) is 0. The second-order valence-electron chi connectivity index (χ2n) is 4.55. The van der Waals surface area contributed by atoms with Gasteiger partial charge in [0, 0.05) is 28.9 Å². The van der Waals surface area contributed by atoms with Crippen LogP contribution >= 0.6 is 12.4 Å². The summed E-state index contributed by atoms with van der Waals surface area (Å²) in [6.45, 7) is 0.0825. The quantitative estimate of drug-likeness (QED) is 0.767. The molecule has 3 rings (SSSR count). The molecule has 0 aliphatic carbocycles. The number of H-pyrrole nitrogens is 1. The number of fused-ring (bicyclic) bond motifs is 3. The molecular formula is C16H16ClFN2O. The average Bonchev–Trinajstić information content (AvgIpc) is 2.83. The summed E-state index contributed by atoms with van der Waals surface area (Å²) in [6.07, 6.45) is 1.31. The van der Waals surface area contributed by atoms with E-state index in [1.807, 2.05) is 36.4 Å². The maximum atomic E-state index is 13.2. The Balaban J connectivity index is 0.00000161. The van der Waals surface area contributed by atoms with E-state index in [2.05, 4.69) is 11.1 Å². The molecule has 21 heavy (non-hydrogen) atoms. The van der Waals surface area contributed by atoms with E-state index >= 15 is 0 Å². The van der Waals surface area contributed by atoms with E-state index in [0.29, 0.717) is 5.75 Å². The lowest BCUT2D eigenvalue weighted by atomic mass is 10.1. The molecule has 5 heteroatoms. The first-order valence-corrected chi connectivity index (χ1v) is 6.46. The Morgan fingerprint density at radius 2 is 1.90 bits per heavy atom. The Labute approximate surface area is 128 Å². The van der Waals surface area contributed by atoms with Crippen molar-refractivity contribution in [2.75, 3.05) is 13.2 Å². The minimum atomic E-state index is -0.357. The molecule has 110 valence electrons. The molecule has 0 fully saturated rings. The summed E-state index contributed by atoms with van der Waals surface area (Å²) in [5, 5.41) is 2.30. The van der Waals surface area contributed by atoms with Crippen LogP contribution in [0.4, 0.5) is 4.39 Å². The van der Waals surface area contributed by atoms with Gasteiger partial charge in [-0.05, 0) is 24.3 Å². The Morgan fingerprint density at radius 3 is 2.71 bits per heavy atom. The van der Waals surface area contributed by atoms with Crippen LogP contribution in [0.5, 0.6) is 5.75 Å². The summed E-state index contributed by atoms with van der Waals surface area (Å²) in [5.74, 6) is 0.272. The van der Waals surface area contributed by atoms with Crippen molar-refractivity contribution in [3.63, 3.8) is 0 Å². The highest BCUT2D eigenvalue weighted by molar-refractivity contribution is 6.07. The number of hydrogen-bond donors (Lipinski definition) is 2. The van der Waals surface area contributed by atoms with E-state index < -0.39 is 0 Å². The summed E-state index contributed by atoms with van der Waals surface area (Å²) in [5.41, 5.74) is 7.30. The maximum Gasteiger partial charge on any atom is 0.139 e. The molecule has 2 aromatic carbocycles. The van der Waals surface area contributed by atoms with Crippen molar-refractivity contribution in [2.45, 2.75) is 0 Å². The Bertz CT molecular complexity index is 782. The first-order valence-electron chi connectivity index (χ1n) is 6.46. The highest BCUT2D eigenvalue weighted by atomic mass is 35.5. The van der Waals surface area contributed by atoms with E-state index in [1.54, 1.807) is 0 Å². The van der Waals surface area contributed by atoms with Gasteiger partial charge in [0.15, 0.2) is 0 Å². The van der Waals surface area contributed by atoms with Gasteiger partial charge in [-0.2, -0.15) is 0 Å². The lowest BCUT2D eigenvalue weighted by molar-refractivity contribution is 0.318. The number of ether oxygens (including phenoxy) is 1. The number of hydrogen-bond acceptors (Lipinski definition) is 2. The van der Waals surface area contributed by atoms with Crippen LogP contribution in [0, 0.1) is 0 Å². The summed E-state index contributed by atoms with van der Waals surface area (Å²) in [4.78, 5) is 3.32. The fourth-order valence-electron chi connectivity index (χ4n) is 2.26. The summed E-state index contributed by atoms with van der Waals surface area (Å²) in [6, 6.07) is 13.8. The van der Waals surface area contributed by atoms with Crippen LogP contribution in [0.2, 0.25) is 0 Å². The normalized spacial score (nSPS) is 11.6. The van der Waals surface area contributed by atoms with Crippen LogP contribution in [-0.4, -0.2) is 18.1 Å². The van der Waals surface area contributed by atoms with Crippen molar-refractivity contribution in [1.29, 1.82) is 0 Å². The summed E-state index contributed by atoms with van der Waals surface area (Å²) >= 11 is 0. The van der Waals surface area contributed by atoms with Gasteiger partial charge in [-0.3, -0.25) is 0 Å². The topological polar surface area (TPSA) is 51.0 Å². The van der Waals surface area contributed by atoms with Crippen LogP contribution in [0.25, 0.3) is 21.8 Å². The number of aromatic amines is 1. The van der Waals surface area contributed by atoms with Crippen molar-refractivity contribution in [3.8, 4) is 5.75 Å². The van der Waals surface area contributed by atoms with Crippen LogP contribution < -0.4 is 10.5 Å². The maximum absolute atomic E-state index is 13.2. The summed E-state index contributed by atoms with van der Waals surface area (Å²) < 4.78 is 18.6. The van der Waals surface area contributed by atoms with Gasteiger partial charge in [0.1, 0.15) is 18.2 Å². The Kier molecular flexibility index (Phi) is 4.83. The predicted octanol–water partition coefficient (Wildman–Crippen LogP) is 3.93. The second kappa shape index (κ2) is 6.61. The molecule has 0 saturated carbocycles. The van der Waals surface area contributed by atoms with Gasteiger partial charge < -0.3 is 15.5 Å². The number of halogens is 2. The van der Waals surface area contributed by atoms with Gasteiger partial charge in [-0.25, -0.2) is 4.39 Å². The molecule has 3 aromatic rings. The lowest BCUT2D eigenvalue weighted by Crippen LogP contribution is -2.01. The molecule has 0 radical (unpaired) electrons. The van der Waals surface area contributed by atoms with E-state index in [9.17, 15) is 4.39 Å². The Hall–Kier alpha value is -2.04. The molecule has 3 N–H and O–H groups in total. The molecule has 0 unspecified atom stereocenters. The number of aromatic nitrogens is 1. The minimum absolute atomic E-state index is 0. The molecule has 3 nitrogen and oxygen atoms in total. The number of rotatable bonds is 4. The molecule has 0 atom stereocenters. The molecule has 0 spiro atoms. The highest BCUT2D eigenvalue weighted by Gasteiger charge is 2.05. The van der Waals surface area contributed by atoms with Crippen molar-refractivity contribution in [1.82, 2.24) is 4.98 Å². The van der Waals surface area contributed by atoms with Gasteiger partial charge in [0.05, 0.1) is 5.52 Å². The van der Waals surface area contributed by atoms with Crippen molar-refractivity contribution < 1.29 is 9.13 Å². The van der Waals surface area contributed by atoms with Crippen LogP contribution in [0.3, 0.4) is 0 Å². The van der Waals surface area contributed by atoms with Crippen molar-refractivity contribution >= 4 is 34.2 Å². The van der Waals surface area contributed by atoms with Crippen LogP contribution in [0.1, 0.15) is 0 Å². The van der Waals surface area contributed by atoms with Crippen molar-refractivity contribution in [2.24, 2.45) is 5.73 Å². The van der Waals surface area contributed by atoms with E-state index in [-0.39, 0.29) is 31.4 Å². The van der Waals surface area contributed by atoms with Gasteiger partial charge in [0.2, 0.25) is 0 Å². The second-order valence-corrected chi connectivity index (χ2v) is 4.55. The van der Waals surface area contributed by atoms with Crippen LogP contribution in [-0.2, 0) is 0 Å².